The standard InChI is InChI=1S/C10H18N4OS/c1-3-4-7-16-10-13-12-9(14(10)2)6-5-8(11)15/h3-7H2,1-2H3,(H2,11,15). The highest BCUT2D eigenvalue weighted by Crippen LogP contribution is 2.17. The predicted octanol–water partition coefficient (Wildman–Crippen LogP) is 1.13. The summed E-state index contributed by atoms with van der Waals surface area (Å²) >= 11 is 1.70. The zero-order valence-electron chi connectivity index (χ0n) is 9.77. The molecule has 0 saturated heterocycles. The molecule has 0 unspecified atom stereocenters. The van der Waals surface area contributed by atoms with Gasteiger partial charge < -0.3 is 10.3 Å². The van der Waals surface area contributed by atoms with Gasteiger partial charge in [-0.25, -0.2) is 0 Å². The Bertz CT molecular complexity index is 351. The molecule has 0 fully saturated rings. The maximum Gasteiger partial charge on any atom is 0.217 e. The molecule has 0 aliphatic carbocycles. The molecule has 1 aromatic rings. The van der Waals surface area contributed by atoms with Crippen LogP contribution in [0.3, 0.4) is 0 Å². The maximum atomic E-state index is 10.7. The number of unbranched alkanes of at least 4 members (excludes halogenated alkanes) is 1. The molecule has 0 aliphatic rings. The summed E-state index contributed by atoms with van der Waals surface area (Å²) in [6, 6.07) is 0. The van der Waals surface area contributed by atoms with E-state index in [4.69, 9.17) is 5.73 Å². The van der Waals surface area contributed by atoms with E-state index < -0.39 is 0 Å². The highest BCUT2D eigenvalue weighted by atomic mass is 32.2. The molecule has 1 aromatic heterocycles. The summed E-state index contributed by atoms with van der Waals surface area (Å²) in [5, 5.41) is 9.05. The third-order valence-electron chi connectivity index (χ3n) is 2.25. The summed E-state index contributed by atoms with van der Waals surface area (Å²) < 4.78 is 1.93. The van der Waals surface area contributed by atoms with E-state index >= 15 is 0 Å². The quantitative estimate of drug-likeness (QED) is 0.574. The van der Waals surface area contributed by atoms with Crippen LogP contribution in [0.5, 0.6) is 0 Å². The Kier molecular flexibility index (Phi) is 5.31. The summed E-state index contributed by atoms with van der Waals surface area (Å²) in [5.41, 5.74) is 5.09. The van der Waals surface area contributed by atoms with Crippen LogP contribution in [-0.4, -0.2) is 26.4 Å². The minimum Gasteiger partial charge on any atom is -0.370 e. The second-order valence-corrected chi connectivity index (χ2v) is 4.69. The topological polar surface area (TPSA) is 73.8 Å². The van der Waals surface area contributed by atoms with Crippen molar-refractivity contribution in [2.45, 2.75) is 37.8 Å². The molecule has 2 N–H and O–H groups in total. The van der Waals surface area contributed by atoms with E-state index in [1.54, 1.807) is 11.8 Å². The fourth-order valence-corrected chi connectivity index (χ4v) is 2.24. The Morgan fingerprint density at radius 2 is 2.25 bits per heavy atom. The lowest BCUT2D eigenvalue weighted by atomic mass is 10.3. The number of carbonyl (C=O) groups excluding carboxylic acids is 1. The van der Waals surface area contributed by atoms with Gasteiger partial charge in [0.25, 0.3) is 0 Å². The summed E-state index contributed by atoms with van der Waals surface area (Å²) in [5.74, 6) is 1.57. The minimum atomic E-state index is -0.303. The van der Waals surface area contributed by atoms with Crippen LogP contribution in [0.4, 0.5) is 0 Å². The number of aryl methyl sites for hydroxylation is 1. The molecular formula is C10H18N4OS. The zero-order chi connectivity index (χ0) is 12.0. The van der Waals surface area contributed by atoms with Crippen molar-refractivity contribution in [3.05, 3.63) is 5.82 Å². The Morgan fingerprint density at radius 1 is 1.50 bits per heavy atom. The molecule has 90 valence electrons. The zero-order valence-corrected chi connectivity index (χ0v) is 10.6. The first-order valence-electron chi connectivity index (χ1n) is 5.44. The van der Waals surface area contributed by atoms with E-state index in [0.717, 1.165) is 16.7 Å². The van der Waals surface area contributed by atoms with Gasteiger partial charge in [0.15, 0.2) is 5.16 Å². The lowest BCUT2D eigenvalue weighted by molar-refractivity contribution is -0.118. The average molecular weight is 242 g/mol. The van der Waals surface area contributed by atoms with Crippen molar-refractivity contribution in [3.63, 3.8) is 0 Å². The molecule has 6 heteroatoms. The van der Waals surface area contributed by atoms with Crippen LogP contribution in [0.1, 0.15) is 32.0 Å². The number of hydrogen-bond acceptors (Lipinski definition) is 4. The van der Waals surface area contributed by atoms with E-state index in [-0.39, 0.29) is 5.91 Å². The lowest BCUT2D eigenvalue weighted by Crippen LogP contribution is -2.12. The summed E-state index contributed by atoms with van der Waals surface area (Å²) in [6.07, 6.45) is 3.24. The highest BCUT2D eigenvalue weighted by Gasteiger charge is 2.09. The lowest BCUT2D eigenvalue weighted by Gasteiger charge is -2.02. The van der Waals surface area contributed by atoms with Crippen molar-refractivity contribution in [3.8, 4) is 0 Å². The fraction of sp³-hybridized carbons (Fsp3) is 0.700. The van der Waals surface area contributed by atoms with Crippen LogP contribution in [0.25, 0.3) is 0 Å². The molecule has 5 nitrogen and oxygen atoms in total. The third-order valence-corrected chi connectivity index (χ3v) is 3.36. The van der Waals surface area contributed by atoms with Crippen molar-refractivity contribution in [2.75, 3.05) is 5.75 Å². The molecule has 0 bridgehead atoms. The van der Waals surface area contributed by atoms with Crippen molar-refractivity contribution in [2.24, 2.45) is 12.8 Å². The smallest absolute Gasteiger partial charge is 0.217 e. The molecule has 0 saturated carbocycles. The van der Waals surface area contributed by atoms with E-state index in [9.17, 15) is 4.79 Å². The van der Waals surface area contributed by atoms with Crippen molar-refractivity contribution >= 4 is 17.7 Å². The second kappa shape index (κ2) is 6.52. The fourth-order valence-electron chi connectivity index (χ4n) is 1.23. The number of hydrogen-bond donors (Lipinski definition) is 1. The van der Waals surface area contributed by atoms with Gasteiger partial charge in [0.1, 0.15) is 5.82 Å². The Hall–Kier alpha value is -1.04. The van der Waals surface area contributed by atoms with Crippen LogP contribution in [0.15, 0.2) is 5.16 Å². The first-order chi connectivity index (χ1) is 7.65. The van der Waals surface area contributed by atoms with Gasteiger partial charge in [0, 0.05) is 25.6 Å². The van der Waals surface area contributed by atoms with Gasteiger partial charge in [-0.1, -0.05) is 25.1 Å². The molecular weight excluding hydrogens is 224 g/mol. The summed E-state index contributed by atoms with van der Waals surface area (Å²) in [7, 11) is 1.92. The van der Waals surface area contributed by atoms with Crippen molar-refractivity contribution in [1.29, 1.82) is 0 Å². The molecule has 0 atom stereocenters. The molecule has 1 heterocycles. The van der Waals surface area contributed by atoms with Crippen LogP contribution in [-0.2, 0) is 18.3 Å². The van der Waals surface area contributed by atoms with E-state index in [2.05, 4.69) is 17.1 Å². The predicted molar refractivity (Wildman–Crippen MR) is 64.2 cm³/mol. The number of nitrogens with zero attached hydrogens (tertiary/aromatic N) is 3. The number of amides is 1. The maximum absolute atomic E-state index is 10.7. The largest absolute Gasteiger partial charge is 0.370 e. The van der Waals surface area contributed by atoms with Gasteiger partial charge in [0.05, 0.1) is 0 Å². The number of thioether (sulfide) groups is 1. The molecule has 0 spiro atoms. The van der Waals surface area contributed by atoms with Crippen LogP contribution in [0.2, 0.25) is 0 Å². The SMILES string of the molecule is CCCCSc1nnc(CCC(N)=O)n1C. The highest BCUT2D eigenvalue weighted by molar-refractivity contribution is 7.99. The van der Waals surface area contributed by atoms with Crippen molar-refractivity contribution in [1.82, 2.24) is 14.8 Å². The van der Waals surface area contributed by atoms with Crippen LogP contribution in [0, 0.1) is 0 Å². The van der Waals surface area contributed by atoms with Gasteiger partial charge in [-0.05, 0) is 6.42 Å². The molecule has 16 heavy (non-hydrogen) atoms. The monoisotopic (exact) mass is 242 g/mol. The number of carbonyl (C=O) groups is 1. The number of primary amides is 1. The van der Waals surface area contributed by atoms with Crippen LogP contribution >= 0.6 is 11.8 Å². The summed E-state index contributed by atoms with van der Waals surface area (Å²) in [4.78, 5) is 10.7. The normalized spacial score (nSPS) is 10.6. The molecule has 0 radical (unpaired) electrons. The second-order valence-electron chi connectivity index (χ2n) is 3.63. The Labute approximate surface area is 99.8 Å². The van der Waals surface area contributed by atoms with E-state index in [1.807, 2.05) is 11.6 Å². The number of rotatable bonds is 7. The van der Waals surface area contributed by atoms with E-state index in [1.165, 1.54) is 12.8 Å². The number of nitrogens with two attached hydrogens (primary N) is 1. The summed E-state index contributed by atoms with van der Waals surface area (Å²) in [6.45, 7) is 2.16. The molecule has 0 aliphatic heterocycles. The molecule has 0 aromatic carbocycles. The molecule has 1 rings (SSSR count). The first kappa shape index (κ1) is 13.0. The third kappa shape index (κ3) is 3.84. The molecule has 1 amide bonds. The van der Waals surface area contributed by atoms with Crippen LogP contribution < -0.4 is 5.73 Å². The number of aromatic nitrogens is 3. The van der Waals surface area contributed by atoms with Crippen molar-refractivity contribution < 1.29 is 4.79 Å². The van der Waals surface area contributed by atoms with Gasteiger partial charge in [-0.3, -0.25) is 4.79 Å². The Morgan fingerprint density at radius 3 is 2.88 bits per heavy atom. The van der Waals surface area contributed by atoms with Gasteiger partial charge >= 0.3 is 0 Å². The van der Waals surface area contributed by atoms with Gasteiger partial charge in [0.2, 0.25) is 5.91 Å². The first-order valence-corrected chi connectivity index (χ1v) is 6.43. The average Bonchev–Trinajstić information content (AvgIpc) is 2.58. The Balaban J connectivity index is 2.51. The van der Waals surface area contributed by atoms with Gasteiger partial charge in [-0.2, -0.15) is 0 Å². The van der Waals surface area contributed by atoms with E-state index in [0.29, 0.717) is 12.8 Å². The van der Waals surface area contributed by atoms with Gasteiger partial charge in [-0.15, -0.1) is 10.2 Å². The minimum absolute atomic E-state index is 0.303.